The number of aryl methyl sites for hydroxylation is 1. The normalized spacial score (nSPS) is 21.6. The van der Waals surface area contributed by atoms with Crippen molar-refractivity contribution in [2.24, 2.45) is 5.92 Å². The van der Waals surface area contributed by atoms with Crippen LogP contribution in [0.3, 0.4) is 0 Å². The minimum Gasteiger partial charge on any atom is -0.421 e. The molecule has 3 unspecified atom stereocenters. The Labute approximate surface area is 231 Å². The second kappa shape index (κ2) is 12.0. The number of hydrogen-bond acceptors (Lipinski definition) is 7. The summed E-state index contributed by atoms with van der Waals surface area (Å²) in [4.78, 5) is 7.12. The maximum absolute atomic E-state index is 5.59. The molecule has 1 saturated carbocycles. The first-order valence-corrected chi connectivity index (χ1v) is 14.4. The third-order valence-corrected chi connectivity index (χ3v) is 8.20. The highest BCUT2D eigenvalue weighted by molar-refractivity contribution is 5.66. The minimum atomic E-state index is 0.502. The summed E-state index contributed by atoms with van der Waals surface area (Å²) in [5.41, 5.74) is 4.65. The number of hydrogen-bond donors (Lipinski definition) is 2. The van der Waals surface area contributed by atoms with E-state index in [0.717, 1.165) is 31.0 Å². The van der Waals surface area contributed by atoms with Crippen LogP contribution in [-0.4, -0.2) is 46.9 Å². The van der Waals surface area contributed by atoms with Crippen LogP contribution in [0.2, 0.25) is 0 Å². The molecule has 3 heterocycles. The summed E-state index contributed by atoms with van der Waals surface area (Å²) < 4.78 is 5.59. The Morgan fingerprint density at radius 1 is 0.872 bits per heavy atom. The van der Waals surface area contributed by atoms with Gasteiger partial charge in [0.05, 0.1) is 0 Å². The first-order chi connectivity index (χ1) is 19.2. The molecule has 7 heteroatoms. The standard InChI is InChI=1S/C32H38N6O/c1-23-36-37-32(39-23)25-13-15-29(16-14-25)38-19-7-11-28(22-38)35-30-12-6-5-10-27(30)21-34-31-20-26(17-18-33-31)24-8-3-2-4-9-24/h2-4,8-9,13-18,20,27-28,30,35H,5-7,10-12,19,21-22H2,1H3,(H,33,34). The number of nitrogens with one attached hydrogen (secondary N) is 2. The molecular weight excluding hydrogens is 484 g/mol. The van der Waals surface area contributed by atoms with Crippen molar-refractivity contribution in [3.05, 3.63) is 78.8 Å². The number of pyridine rings is 1. The van der Waals surface area contributed by atoms with E-state index in [2.05, 4.69) is 97.4 Å². The molecule has 2 N–H and O–H groups in total. The summed E-state index contributed by atoms with van der Waals surface area (Å²) in [7, 11) is 0. The second-order valence-electron chi connectivity index (χ2n) is 11.0. The fourth-order valence-corrected chi connectivity index (χ4v) is 6.12. The Bertz CT molecular complexity index is 1340. The smallest absolute Gasteiger partial charge is 0.247 e. The van der Waals surface area contributed by atoms with Crippen LogP contribution in [0.1, 0.15) is 44.4 Å². The van der Waals surface area contributed by atoms with Crippen molar-refractivity contribution >= 4 is 11.5 Å². The molecule has 0 spiro atoms. The molecule has 202 valence electrons. The Morgan fingerprint density at radius 3 is 2.54 bits per heavy atom. The first kappa shape index (κ1) is 25.6. The van der Waals surface area contributed by atoms with E-state index in [-0.39, 0.29) is 0 Å². The maximum atomic E-state index is 5.59. The molecule has 1 aliphatic heterocycles. The first-order valence-electron chi connectivity index (χ1n) is 14.4. The van der Waals surface area contributed by atoms with E-state index >= 15 is 0 Å². The van der Waals surface area contributed by atoms with Gasteiger partial charge in [-0.25, -0.2) is 4.98 Å². The van der Waals surface area contributed by atoms with Gasteiger partial charge in [-0.15, -0.1) is 10.2 Å². The molecule has 0 radical (unpaired) electrons. The minimum absolute atomic E-state index is 0.502. The predicted octanol–water partition coefficient (Wildman–Crippen LogP) is 6.34. The highest BCUT2D eigenvalue weighted by atomic mass is 16.4. The summed E-state index contributed by atoms with van der Waals surface area (Å²) in [5.74, 6) is 2.74. The summed E-state index contributed by atoms with van der Waals surface area (Å²) in [5, 5.41) is 15.8. The lowest BCUT2D eigenvalue weighted by Gasteiger charge is -2.40. The fraction of sp³-hybridized carbons (Fsp3) is 0.406. The third kappa shape index (κ3) is 6.31. The Morgan fingerprint density at radius 2 is 1.72 bits per heavy atom. The van der Waals surface area contributed by atoms with Crippen molar-refractivity contribution in [1.82, 2.24) is 20.5 Å². The number of benzene rings is 2. The van der Waals surface area contributed by atoms with Gasteiger partial charge in [-0.3, -0.25) is 0 Å². The third-order valence-electron chi connectivity index (χ3n) is 8.20. The van der Waals surface area contributed by atoms with Crippen molar-refractivity contribution < 1.29 is 4.42 Å². The van der Waals surface area contributed by atoms with Crippen LogP contribution in [0.4, 0.5) is 11.5 Å². The van der Waals surface area contributed by atoms with E-state index in [9.17, 15) is 0 Å². The van der Waals surface area contributed by atoms with Gasteiger partial charge < -0.3 is 20.0 Å². The summed E-state index contributed by atoms with van der Waals surface area (Å²) in [6, 6.07) is 24.4. The van der Waals surface area contributed by atoms with Gasteiger partial charge in [0.15, 0.2) is 0 Å². The molecule has 3 atom stereocenters. The highest BCUT2D eigenvalue weighted by Crippen LogP contribution is 2.29. The fourth-order valence-electron chi connectivity index (χ4n) is 6.12. The Hall–Kier alpha value is -3.71. The zero-order valence-electron chi connectivity index (χ0n) is 22.7. The molecule has 0 bridgehead atoms. The average Bonchev–Trinajstić information content (AvgIpc) is 3.44. The monoisotopic (exact) mass is 522 g/mol. The molecule has 1 aliphatic carbocycles. The van der Waals surface area contributed by atoms with Gasteiger partial charge in [0, 0.05) is 56.1 Å². The number of piperidine rings is 1. The van der Waals surface area contributed by atoms with Gasteiger partial charge in [0.2, 0.25) is 11.8 Å². The second-order valence-corrected chi connectivity index (χ2v) is 11.0. The van der Waals surface area contributed by atoms with Gasteiger partial charge in [0.25, 0.3) is 0 Å². The lowest BCUT2D eigenvalue weighted by Crippen LogP contribution is -2.52. The van der Waals surface area contributed by atoms with Gasteiger partial charge >= 0.3 is 0 Å². The summed E-state index contributed by atoms with van der Waals surface area (Å²) in [6.45, 7) is 4.90. The summed E-state index contributed by atoms with van der Waals surface area (Å²) in [6.07, 6.45) is 9.47. The van der Waals surface area contributed by atoms with Crippen LogP contribution in [0.25, 0.3) is 22.6 Å². The Balaban J connectivity index is 1.06. The Kier molecular flexibility index (Phi) is 7.86. The van der Waals surface area contributed by atoms with Gasteiger partial charge in [-0.2, -0.15) is 0 Å². The van der Waals surface area contributed by atoms with Crippen LogP contribution in [0.5, 0.6) is 0 Å². The zero-order valence-corrected chi connectivity index (χ0v) is 22.7. The van der Waals surface area contributed by atoms with Crippen LogP contribution in [0, 0.1) is 12.8 Å². The van der Waals surface area contributed by atoms with Crippen molar-refractivity contribution in [3.63, 3.8) is 0 Å². The lowest BCUT2D eigenvalue weighted by molar-refractivity contribution is 0.241. The molecular formula is C32H38N6O. The quantitative estimate of drug-likeness (QED) is 0.280. The van der Waals surface area contributed by atoms with E-state index in [1.165, 1.54) is 55.3 Å². The van der Waals surface area contributed by atoms with E-state index < -0.39 is 0 Å². The molecule has 2 aliphatic rings. The zero-order chi connectivity index (χ0) is 26.4. The molecule has 7 nitrogen and oxygen atoms in total. The van der Waals surface area contributed by atoms with E-state index in [1.54, 1.807) is 0 Å². The van der Waals surface area contributed by atoms with Crippen molar-refractivity contribution in [1.29, 1.82) is 0 Å². The number of anilines is 2. The van der Waals surface area contributed by atoms with E-state index in [0.29, 0.717) is 29.8 Å². The van der Waals surface area contributed by atoms with E-state index in [1.807, 2.05) is 13.1 Å². The molecule has 2 aromatic carbocycles. The average molecular weight is 523 g/mol. The van der Waals surface area contributed by atoms with Gasteiger partial charge in [-0.1, -0.05) is 43.2 Å². The SMILES string of the molecule is Cc1nnc(-c2ccc(N3CCCC(NC4CCCCC4CNc4cc(-c5ccccc5)ccn4)C3)cc2)o1. The number of nitrogens with zero attached hydrogens (tertiary/aromatic N) is 4. The molecule has 1 saturated heterocycles. The molecule has 2 fully saturated rings. The molecule has 2 aromatic heterocycles. The lowest BCUT2D eigenvalue weighted by atomic mass is 9.83. The van der Waals surface area contributed by atoms with E-state index in [4.69, 9.17) is 4.42 Å². The van der Waals surface area contributed by atoms with Crippen LogP contribution in [-0.2, 0) is 0 Å². The highest BCUT2D eigenvalue weighted by Gasteiger charge is 2.29. The van der Waals surface area contributed by atoms with Crippen molar-refractivity contribution in [2.75, 3.05) is 29.9 Å². The maximum Gasteiger partial charge on any atom is 0.247 e. The molecule has 0 amide bonds. The van der Waals surface area contributed by atoms with Crippen LogP contribution < -0.4 is 15.5 Å². The molecule has 39 heavy (non-hydrogen) atoms. The van der Waals surface area contributed by atoms with Crippen LogP contribution in [0.15, 0.2) is 77.3 Å². The van der Waals surface area contributed by atoms with Crippen LogP contribution >= 0.6 is 0 Å². The number of aromatic nitrogens is 3. The predicted molar refractivity (Wildman–Crippen MR) is 157 cm³/mol. The molecule has 6 rings (SSSR count). The van der Waals surface area contributed by atoms with Gasteiger partial charge in [-0.05, 0) is 79.1 Å². The molecule has 4 aromatic rings. The van der Waals surface area contributed by atoms with Gasteiger partial charge in [0.1, 0.15) is 5.82 Å². The van der Waals surface area contributed by atoms with Crippen molar-refractivity contribution in [2.45, 2.75) is 57.5 Å². The summed E-state index contributed by atoms with van der Waals surface area (Å²) >= 11 is 0. The van der Waals surface area contributed by atoms with Crippen molar-refractivity contribution in [3.8, 4) is 22.6 Å². The largest absolute Gasteiger partial charge is 0.421 e. The topological polar surface area (TPSA) is 79.1 Å². The number of rotatable bonds is 8.